The SMILES string of the molecule is C=CCN1C(=O)/C(=C/c2ccc(-c3ccc(OC)c(OC)c3)cc2)C(=O)NC1=S. The van der Waals surface area contributed by atoms with Crippen molar-refractivity contribution in [2.75, 3.05) is 20.8 Å². The summed E-state index contributed by atoms with van der Waals surface area (Å²) < 4.78 is 10.6. The first-order valence-corrected chi connectivity index (χ1v) is 9.21. The molecule has 1 heterocycles. The standard InChI is InChI=1S/C22H20N2O4S/c1-4-11-24-21(26)17(20(25)23-22(24)29)12-14-5-7-15(8-6-14)16-9-10-18(27-2)19(13-16)28-3/h4-10,12-13H,1,11H2,2-3H3,(H,23,25,29)/b17-12+. The summed E-state index contributed by atoms with van der Waals surface area (Å²) in [5, 5.41) is 2.62. The Morgan fingerprint density at radius 1 is 1.03 bits per heavy atom. The van der Waals surface area contributed by atoms with Gasteiger partial charge in [-0.25, -0.2) is 0 Å². The van der Waals surface area contributed by atoms with Gasteiger partial charge < -0.3 is 9.47 Å². The second kappa shape index (κ2) is 8.70. The van der Waals surface area contributed by atoms with Crippen molar-refractivity contribution in [1.82, 2.24) is 10.2 Å². The van der Waals surface area contributed by atoms with Crippen molar-refractivity contribution in [2.45, 2.75) is 0 Å². The highest BCUT2D eigenvalue weighted by atomic mass is 32.1. The maximum Gasteiger partial charge on any atom is 0.265 e. The van der Waals surface area contributed by atoms with Crippen molar-refractivity contribution >= 4 is 35.2 Å². The van der Waals surface area contributed by atoms with Crippen LogP contribution in [-0.4, -0.2) is 42.6 Å². The van der Waals surface area contributed by atoms with Gasteiger partial charge in [-0.1, -0.05) is 36.4 Å². The third-order valence-corrected chi connectivity index (χ3v) is 4.76. The van der Waals surface area contributed by atoms with Crippen LogP contribution < -0.4 is 14.8 Å². The lowest BCUT2D eigenvalue weighted by molar-refractivity contribution is -0.128. The Labute approximate surface area is 174 Å². The minimum Gasteiger partial charge on any atom is -0.493 e. The number of nitrogens with one attached hydrogen (secondary N) is 1. The second-order valence-electron chi connectivity index (χ2n) is 6.21. The zero-order valence-electron chi connectivity index (χ0n) is 16.1. The fourth-order valence-corrected chi connectivity index (χ4v) is 3.19. The van der Waals surface area contributed by atoms with E-state index in [1.54, 1.807) is 26.4 Å². The lowest BCUT2D eigenvalue weighted by atomic mass is 10.0. The number of thiocarbonyl (C=S) groups is 1. The molecule has 6 nitrogen and oxygen atoms in total. The maximum absolute atomic E-state index is 12.6. The van der Waals surface area contributed by atoms with Gasteiger partial charge in [0, 0.05) is 6.54 Å². The zero-order valence-corrected chi connectivity index (χ0v) is 16.9. The Balaban J connectivity index is 1.88. The van der Waals surface area contributed by atoms with E-state index < -0.39 is 11.8 Å². The number of amides is 2. The molecule has 0 bridgehead atoms. The molecule has 0 aliphatic carbocycles. The normalized spacial score (nSPS) is 15.3. The van der Waals surface area contributed by atoms with Crippen LogP contribution in [0.1, 0.15) is 5.56 Å². The summed E-state index contributed by atoms with van der Waals surface area (Å²) in [5.41, 5.74) is 2.66. The number of rotatable bonds is 6. The fourth-order valence-electron chi connectivity index (χ4n) is 2.94. The molecule has 7 heteroatoms. The lowest BCUT2D eigenvalue weighted by Gasteiger charge is -2.27. The van der Waals surface area contributed by atoms with E-state index in [1.165, 1.54) is 4.90 Å². The van der Waals surface area contributed by atoms with Crippen LogP contribution in [-0.2, 0) is 9.59 Å². The number of ether oxygens (including phenoxy) is 2. The average Bonchev–Trinajstić information content (AvgIpc) is 2.74. The van der Waals surface area contributed by atoms with Crippen LogP contribution in [0.4, 0.5) is 0 Å². The van der Waals surface area contributed by atoms with Gasteiger partial charge >= 0.3 is 0 Å². The second-order valence-corrected chi connectivity index (χ2v) is 6.60. The van der Waals surface area contributed by atoms with E-state index in [1.807, 2.05) is 42.5 Å². The van der Waals surface area contributed by atoms with Crippen LogP contribution >= 0.6 is 12.2 Å². The number of carbonyl (C=O) groups is 2. The molecule has 1 aliphatic heterocycles. The number of carbonyl (C=O) groups excluding carboxylic acids is 2. The number of hydrogen-bond acceptors (Lipinski definition) is 5. The first-order valence-electron chi connectivity index (χ1n) is 8.80. The van der Waals surface area contributed by atoms with Gasteiger partial charge in [-0.3, -0.25) is 19.8 Å². The molecule has 2 amide bonds. The van der Waals surface area contributed by atoms with E-state index in [0.717, 1.165) is 16.7 Å². The average molecular weight is 408 g/mol. The number of benzene rings is 2. The van der Waals surface area contributed by atoms with E-state index in [0.29, 0.717) is 11.5 Å². The Morgan fingerprint density at radius 2 is 1.69 bits per heavy atom. The molecule has 1 aliphatic rings. The molecule has 1 saturated heterocycles. The van der Waals surface area contributed by atoms with Gasteiger partial charge in [0.1, 0.15) is 5.57 Å². The van der Waals surface area contributed by atoms with Crippen LogP contribution in [0.25, 0.3) is 17.2 Å². The van der Waals surface area contributed by atoms with Crippen LogP contribution in [0.5, 0.6) is 11.5 Å². The summed E-state index contributed by atoms with van der Waals surface area (Å²) in [4.78, 5) is 26.1. The zero-order chi connectivity index (χ0) is 21.0. The third kappa shape index (κ3) is 4.20. The van der Waals surface area contributed by atoms with Gasteiger partial charge in [0.15, 0.2) is 16.6 Å². The summed E-state index contributed by atoms with van der Waals surface area (Å²) in [6, 6.07) is 13.1. The van der Waals surface area contributed by atoms with E-state index in [-0.39, 0.29) is 17.2 Å². The van der Waals surface area contributed by atoms with Crippen molar-refractivity contribution < 1.29 is 19.1 Å². The van der Waals surface area contributed by atoms with E-state index in [4.69, 9.17) is 21.7 Å². The Kier molecular flexibility index (Phi) is 6.09. The van der Waals surface area contributed by atoms with Gasteiger partial charge in [-0.15, -0.1) is 6.58 Å². The molecule has 0 radical (unpaired) electrons. The monoisotopic (exact) mass is 408 g/mol. The molecule has 0 aromatic heterocycles. The van der Waals surface area contributed by atoms with Gasteiger partial charge in [0.25, 0.3) is 11.8 Å². The molecular weight excluding hydrogens is 388 g/mol. The molecule has 1 N–H and O–H groups in total. The Morgan fingerprint density at radius 3 is 2.31 bits per heavy atom. The van der Waals surface area contributed by atoms with Gasteiger partial charge in [0.05, 0.1) is 14.2 Å². The van der Waals surface area contributed by atoms with Gasteiger partial charge in [-0.2, -0.15) is 0 Å². The predicted octanol–water partition coefficient (Wildman–Crippen LogP) is 3.18. The minimum atomic E-state index is -0.510. The highest BCUT2D eigenvalue weighted by Crippen LogP contribution is 2.32. The van der Waals surface area contributed by atoms with Crippen molar-refractivity contribution in [1.29, 1.82) is 0 Å². The first kappa shape index (κ1) is 20.3. The number of methoxy groups -OCH3 is 2. The van der Waals surface area contributed by atoms with Gasteiger partial charge in [0.2, 0.25) is 0 Å². The predicted molar refractivity (Wildman–Crippen MR) is 116 cm³/mol. The molecule has 0 unspecified atom stereocenters. The minimum absolute atomic E-state index is 0.0271. The maximum atomic E-state index is 12.6. The molecule has 2 aromatic rings. The highest BCUT2D eigenvalue weighted by molar-refractivity contribution is 7.80. The molecule has 2 aromatic carbocycles. The molecule has 0 spiro atoms. The number of hydrogen-bond donors (Lipinski definition) is 1. The van der Waals surface area contributed by atoms with E-state index in [2.05, 4.69) is 11.9 Å². The first-order chi connectivity index (χ1) is 14.0. The highest BCUT2D eigenvalue weighted by Gasteiger charge is 2.32. The topological polar surface area (TPSA) is 67.9 Å². The molecule has 29 heavy (non-hydrogen) atoms. The fraction of sp³-hybridized carbons (Fsp3) is 0.136. The van der Waals surface area contributed by atoms with E-state index in [9.17, 15) is 9.59 Å². The summed E-state index contributed by atoms with van der Waals surface area (Å²) in [7, 11) is 3.18. The Bertz CT molecular complexity index is 1010. The van der Waals surface area contributed by atoms with Crippen molar-refractivity contribution in [3.8, 4) is 22.6 Å². The molecular formula is C22H20N2O4S. The third-order valence-electron chi connectivity index (χ3n) is 4.44. The summed E-state index contributed by atoms with van der Waals surface area (Å²) in [6.07, 6.45) is 3.10. The Hall–Kier alpha value is -3.45. The summed E-state index contributed by atoms with van der Waals surface area (Å²) in [6.45, 7) is 3.84. The summed E-state index contributed by atoms with van der Waals surface area (Å²) in [5.74, 6) is 0.340. The lowest BCUT2D eigenvalue weighted by Crippen LogP contribution is -2.53. The van der Waals surface area contributed by atoms with Crippen LogP contribution in [0.2, 0.25) is 0 Å². The molecule has 0 atom stereocenters. The number of nitrogens with zero attached hydrogens (tertiary/aromatic N) is 1. The molecule has 3 rings (SSSR count). The van der Waals surface area contributed by atoms with Crippen molar-refractivity contribution in [3.05, 3.63) is 66.3 Å². The van der Waals surface area contributed by atoms with E-state index >= 15 is 0 Å². The molecule has 1 fully saturated rings. The smallest absolute Gasteiger partial charge is 0.265 e. The van der Waals surface area contributed by atoms with Crippen molar-refractivity contribution in [2.24, 2.45) is 0 Å². The summed E-state index contributed by atoms with van der Waals surface area (Å²) >= 11 is 5.05. The molecule has 0 saturated carbocycles. The quantitative estimate of drug-likeness (QED) is 0.344. The van der Waals surface area contributed by atoms with Crippen molar-refractivity contribution in [3.63, 3.8) is 0 Å². The largest absolute Gasteiger partial charge is 0.493 e. The van der Waals surface area contributed by atoms with Gasteiger partial charge in [-0.05, 0) is 47.1 Å². The van der Waals surface area contributed by atoms with Crippen LogP contribution in [0.3, 0.4) is 0 Å². The van der Waals surface area contributed by atoms with Crippen LogP contribution in [0.15, 0.2) is 60.7 Å². The molecule has 148 valence electrons. The van der Waals surface area contributed by atoms with Crippen LogP contribution in [0, 0.1) is 0 Å².